The number of anilines is 1. The SMILES string of the molecule is CCOC(=O)c1ccc(N2C=C(C#N)C3C=C(F)C(F)=CC32)cc1OCOC. The Morgan fingerprint density at radius 3 is 2.71 bits per heavy atom. The first-order chi connectivity index (χ1) is 13.5. The Hall–Kier alpha value is -3.18. The van der Waals surface area contributed by atoms with Crippen LogP contribution in [-0.2, 0) is 9.47 Å². The summed E-state index contributed by atoms with van der Waals surface area (Å²) >= 11 is 0. The predicted octanol–water partition coefficient (Wildman–Crippen LogP) is 3.78. The highest BCUT2D eigenvalue weighted by molar-refractivity contribution is 5.93. The number of nitriles is 1. The maximum Gasteiger partial charge on any atom is 0.341 e. The number of esters is 1. The monoisotopic (exact) mass is 388 g/mol. The minimum Gasteiger partial charge on any atom is -0.467 e. The molecule has 0 bridgehead atoms. The average Bonchev–Trinajstić information content (AvgIpc) is 3.04. The number of fused-ring (bicyclic) bond motifs is 1. The summed E-state index contributed by atoms with van der Waals surface area (Å²) in [6.07, 6.45) is 3.77. The Balaban J connectivity index is 2.00. The molecule has 3 rings (SSSR count). The number of benzene rings is 1. The second-order valence-electron chi connectivity index (χ2n) is 6.10. The number of carbonyl (C=O) groups is 1. The third-order valence-corrected chi connectivity index (χ3v) is 4.42. The lowest BCUT2D eigenvalue weighted by molar-refractivity contribution is 0.0438. The maximum atomic E-state index is 13.8. The van der Waals surface area contributed by atoms with E-state index in [1.54, 1.807) is 24.0 Å². The lowest BCUT2D eigenvalue weighted by atomic mass is 9.90. The van der Waals surface area contributed by atoms with Crippen LogP contribution in [0.15, 0.2) is 53.8 Å². The summed E-state index contributed by atoms with van der Waals surface area (Å²) in [5, 5.41) is 9.35. The maximum absolute atomic E-state index is 13.8. The van der Waals surface area contributed by atoms with E-state index in [1.165, 1.54) is 19.4 Å². The number of allylic oxidation sites excluding steroid dienone is 2. The first kappa shape index (κ1) is 19.6. The van der Waals surface area contributed by atoms with E-state index in [0.717, 1.165) is 12.2 Å². The second-order valence-corrected chi connectivity index (χ2v) is 6.10. The summed E-state index contributed by atoms with van der Waals surface area (Å²) in [4.78, 5) is 13.8. The molecule has 6 nitrogen and oxygen atoms in total. The number of carbonyl (C=O) groups excluding carboxylic acids is 1. The van der Waals surface area contributed by atoms with Crippen LogP contribution in [-0.4, -0.2) is 32.5 Å². The van der Waals surface area contributed by atoms with Gasteiger partial charge in [0, 0.05) is 31.0 Å². The molecule has 2 unspecified atom stereocenters. The molecule has 0 saturated heterocycles. The van der Waals surface area contributed by atoms with Gasteiger partial charge < -0.3 is 19.1 Å². The van der Waals surface area contributed by atoms with Crippen molar-refractivity contribution in [1.29, 1.82) is 5.26 Å². The topological polar surface area (TPSA) is 71.8 Å². The molecular formula is C20H18F2N2O4. The number of ether oxygens (including phenoxy) is 3. The van der Waals surface area contributed by atoms with Gasteiger partial charge in [-0.1, -0.05) is 0 Å². The van der Waals surface area contributed by atoms with Gasteiger partial charge >= 0.3 is 5.97 Å². The van der Waals surface area contributed by atoms with Crippen molar-refractivity contribution in [2.24, 2.45) is 5.92 Å². The van der Waals surface area contributed by atoms with Crippen molar-refractivity contribution >= 4 is 11.7 Å². The Labute approximate surface area is 160 Å². The van der Waals surface area contributed by atoms with Crippen molar-refractivity contribution in [3.05, 3.63) is 59.3 Å². The molecule has 8 heteroatoms. The molecule has 0 aromatic heterocycles. The summed E-state index contributed by atoms with van der Waals surface area (Å²) < 4.78 is 42.9. The van der Waals surface area contributed by atoms with Crippen molar-refractivity contribution in [3.8, 4) is 11.8 Å². The van der Waals surface area contributed by atoms with Gasteiger partial charge in [-0.15, -0.1) is 0 Å². The van der Waals surface area contributed by atoms with Crippen LogP contribution in [0.4, 0.5) is 14.5 Å². The van der Waals surface area contributed by atoms with Crippen molar-refractivity contribution in [1.82, 2.24) is 0 Å². The number of hydrogen-bond donors (Lipinski definition) is 0. The molecule has 1 aromatic carbocycles. The minimum atomic E-state index is -0.981. The third kappa shape index (κ3) is 3.62. The van der Waals surface area contributed by atoms with Crippen LogP contribution in [0, 0.1) is 17.2 Å². The number of hydrogen-bond acceptors (Lipinski definition) is 6. The summed E-state index contributed by atoms with van der Waals surface area (Å²) in [5.41, 5.74) is 1.05. The molecule has 0 amide bonds. The second kappa shape index (κ2) is 8.23. The molecule has 1 aliphatic carbocycles. The minimum absolute atomic E-state index is 0.0936. The smallest absolute Gasteiger partial charge is 0.341 e. The van der Waals surface area contributed by atoms with Crippen molar-refractivity contribution in [2.75, 3.05) is 25.4 Å². The molecule has 0 radical (unpaired) electrons. The van der Waals surface area contributed by atoms with Gasteiger partial charge in [0.2, 0.25) is 0 Å². The lowest BCUT2D eigenvalue weighted by Crippen LogP contribution is -2.31. The molecule has 0 N–H and O–H groups in total. The zero-order valence-electron chi connectivity index (χ0n) is 15.3. The molecule has 146 valence electrons. The van der Waals surface area contributed by atoms with Crippen LogP contribution >= 0.6 is 0 Å². The van der Waals surface area contributed by atoms with Crippen molar-refractivity contribution < 1.29 is 27.8 Å². The highest BCUT2D eigenvalue weighted by atomic mass is 19.2. The summed E-state index contributed by atoms with van der Waals surface area (Å²) in [7, 11) is 1.44. The average molecular weight is 388 g/mol. The molecule has 0 saturated carbocycles. The summed E-state index contributed by atoms with van der Waals surface area (Å²) in [6, 6.07) is 6.14. The van der Waals surface area contributed by atoms with Crippen LogP contribution < -0.4 is 9.64 Å². The Kier molecular flexibility index (Phi) is 5.76. The highest BCUT2D eigenvalue weighted by Gasteiger charge is 2.38. The highest BCUT2D eigenvalue weighted by Crippen LogP contribution is 2.40. The molecule has 28 heavy (non-hydrogen) atoms. The fourth-order valence-electron chi connectivity index (χ4n) is 3.16. The number of rotatable bonds is 6. The zero-order chi connectivity index (χ0) is 20.3. The number of halogens is 2. The predicted molar refractivity (Wildman–Crippen MR) is 96.7 cm³/mol. The molecule has 2 aliphatic rings. The van der Waals surface area contributed by atoms with E-state index in [2.05, 4.69) is 0 Å². The van der Waals surface area contributed by atoms with Gasteiger partial charge in [-0.2, -0.15) is 5.26 Å². The van der Waals surface area contributed by atoms with E-state index in [9.17, 15) is 18.8 Å². The number of nitrogens with zero attached hydrogens (tertiary/aromatic N) is 2. The van der Waals surface area contributed by atoms with Crippen LogP contribution in [0.25, 0.3) is 0 Å². The molecule has 0 spiro atoms. The van der Waals surface area contributed by atoms with E-state index in [0.29, 0.717) is 11.3 Å². The lowest BCUT2D eigenvalue weighted by Gasteiger charge is -2.28. The first-order valence-corrected chi connectivity index (χ1v) is 8.58. The van der Waals surface area contributed by atoms with Gasteiger partial charge in [-0.05, 0) is 31.2 Å². The Morgan fingerprint density at radius 1 is 1.29 bits per heavy atom. The Bertz CT molecular complexity index is 917. The van der Waals surface area contributed by atoms with Gasteiger partial charge in [-0.25, -0.2) is 13.6 Å². The van der Waals surface area contributed by atoms with Crippen LogP contribution in [0.2, 0.25) is 0 Å². The van der Waals surface area contributed by atoms with E-state index in [4.69, 9.17) is 14.2 Å². The quantitative estimate of drug-likeness (QED) is 0.546. The molecule has 0 fully saturated rings. The van der Waals surface area contributed by atoms with Crippen molar-refractivity contribution in [2.45, 2.75) is 13.0 Å². The van der Waals surface area contributed by atoms with Crippen LogP contribution in [0.1, 0.15) is 17.3 Å². The number of methoxy groups -OCH3 is 1. The summed E-state index contributed by atoms with van der Waals surface area (Å²) in [5.74, 6) is -2.89. The zero-order valence-corrected chi connectivity index (χ0v) is 15.3. The van der Waals surface area contributed by atoms with Gasteiger partial charge in [-0.3, -0.25) is 0 Å². The molecule has 1 aromatic rings. The van der Waals surface area contributed by atoms with Gasteiger partial charge in [0.15, 0.2) is 18.4 Å². The third-order valence-electron chi connectivity index (χ3n) is 4.42. The van der Waals surface area contributed by atoms with Crippen LogP contribution in [0.5, 0.6) is 5.75 Å². The van der Waals surface area contributed by atoms with E-state index in [1.807, 2.05) is 6.07 Å². The molecule has 2 atom stereocenters. The molecular weight excluding hydrogens is 370 g/mol. The van der Waals surface area contributed by atoms with E-state index in [-0.39, 0.29) is 24.7 Å². The molecule has 1 heterocycles. The fourth-order valence-corrected chi connectivity index (χ4v) is 3.16. The standard InChI is InChI=1S/C20H18F2N2O4/c1-3-27-20(25)14-5-4-13(6-19(14)28-11-26-2)24-10-12(9-23)15-7-16(21)17(22)8-18(15)24/h4-8,10,15,18H,3,11H2,1-2H3. The van der Waals surface area contributed by atoms with Crippen molar-refractivity contribution in [3.63, 3.8) is 0 Å². The summed E-state index contributed by atoms with van der Waals surface area (Å²) in [6.45, 7) is 1.80. The fraction of sp³-hybridized carbons (Fsp3) is 0.300. The largest absolute Gasteiger partial charge is 0.467 e. The van der Waals surface area contributed by atoms with Gasteiger partial charge in [0.1, 0.15) is 11.3 Å². The van der Waals surface area contributed by atoms with E-state index >= 15 is 0 Å². The van der Waals surface area contributed by atoms with E-state index < -0.39 is 29.6 Å². The molecule has 1 aliphatic heterocycles. The van der Waals surface area contributed by atoms with Gasteiger partial charge in [0.25, 0.3) is 0 Å². The Morgan fingerprint density at radius 2 is 2.04 bits per heavy atom. The van der Waals surface area contributed by atoms with Gasteiger partial charge in [0.05, 0.1) is 24.3 Å². The van der Waals surface area contributed by atoms with Crippen LogP contribution in [0.3, 0.4) is 0 Å². The first-order valence-electron chi connectivity index (χ1n) is 8.58. The normalized spacial score (nSPS) is 20.5.